The average Bonchev–Trinajstić information content (AvgIpc) is 2.22. The van der Waals surface area contributed by atoms with Gasteiger partial charge in [0.05, 0.1) is 0 Å². The van der Waals surface area contributed by atoms with E-state index in [0.29, 0.717) is 31.7 Å². The number of nitrogens with two attached hydrogens (primary N) is 1. The van der Waals surface area contributed by atoms with Crippen LogP contribution in [0, 0.1) is 0 Å². The fourth-order valence-electron chi connectivity index (χ4n) is 1.18. The maximum absolute atomic E-state index is 11.8. The average molecular weight is 285 g/mol. The predicted molar refractivity (Wildman–Crippen MR) is 71.4 cm³/mol. The third kappa shape index (κ3) is 7.82. The van der Waals surface area contributed by atoms with Gasteiger partial charge in [-0.1, -0.05) is 0 Å². The summed E-state index contributed by atoms with van der Waals surface area (Å²) in [5.74, 6) is 0.496. The van der Waals surface area contributed by atoms with Gasteiger partial charge in [0, 0.05) is 42.4 Å². The molecule has 0 saturated heterocycles. The van der Waals surface area contributed by atoms with Gasteiger partial charge in [-0.05, 0) is 26.3 Å². The Balaban J connectivity index is 4.19. The summed E-state index contributed by atoms with van der Waals surface area (Å²) in [6.45, 7) is 2.63. The van der Waals surface area contributed by atoms with E-state index >= 15 is 0 Å². The molecule has 0 aliphatic rings. The molecule has 0 rings (SSSR count). The Bertz CT molecular complexity index is 332. The molecule has 0 radical (unpaired) electrons. The molecule has 0 aromatic heterocycles. The van der Waals surface area contributed by atoms with Crippen LogP contribution in [0.5, 0.6) is 0 Å². The molecular formula is C9H23N3O3S2. The van der Waals surface area contributed by atoms with E-state index in [9.17, 15) is 12.6 Å². The lowest BCUT2D eigenvalue weighted by Gasteiger charge is -2.20. The zero-order valence-corrected chi connectivity index (χ0v) is 12.3. The molecule has 0 bridgehead atoms. The van der Waals surface area contributed by atoms with E-state index in [1.165, 1.54) is 11.4 Å². The van der Waals surface area contributed by atoms with Gasteiger partial charge >= 0.3 is 0 Å². The number of nitrogens with one attached hydrogen (secondary N) is 1. The van der Waals surface area contributed by atoms with Crippen LogP contribution >= 0.6 is 0 Å². The molecule has 6 nitrogen and oxygen atoms in total. The minimum atomic E-state index is -3.45. The van der Waals surface area contributed by atoms with Crippen LogP contribution in [-0.2, 0) is 21.0 Å². The second kappa shape index (κ2) is 8.15. The highest BCUT2D eigenvalue weighted by Gasteiger charge is 2.19. The molecule has 8 heteroatoms. The predicted octanol–water partition coefficient (Wildman–Crippen LogP) is -0.741. The van der Waals surface area contributed by atoms with E-state index < -0.39 is 21.0 Å². The van der Waals surface area contributed by atoms with Crippen molar-refractivity contribution in [2.75, 3.05) is 32.1 Å². The lowest BCUT2D eigenvalue weighted by molar-refractivity contribution is 0.443. The zero-order chi connectivity index (χ0) is 13.5. The fourth-order valence-corrected chi connectivity index (χ4v) is 3.04. The van der Waals surface area contributed by atoms with Crippen molar-refractivity contribution < 1.29 is 12.6 Å². The molecule has 0 aromatic rings. The van der Waals surface area contributed by atoms with E-state index in [-0.39, 0.29) is 6.04 Å². The molecule has 0 saturated carbocycles. The summed E-state index contributed by atoms with van der Waals surface area (Å²) in [5.41, 5.74) is 5.33. The second-order valence-corrected chi connectivity index (χ2v) is 7.42. The summed E-state index contributed by atoms with van der Waals surface area (Å²) in [5, 5.41) is 0. The Morgan fingerprint density at radius 2 is 2.06 bits per heavy atom. The van der Waals surface area contributed by atoms with Crippen molar-refractivity contribution in [2.24, 2.45) is 5.73 Å². The lowest BCUT2D eigenvalue weighted by atomic mass is 10.3. The largest absolute Gasteiger partial charge is 0.330 e. The van der Waals surface area contributed by atoms with Crippen LogP contribution in [0.1, 0.15) is 19.8 Å². The Kier molecular flexibility index (Phi) is 8.14. The first kappa shape index (κ1) is 17.0. The Hall–Kier alpha value is -0.0200. The first-order valence-electron chi connectivity index (χ1n) is 5.53. The first-order valence-corrected chi connectivity index (χ1v) is 8.70. The molecule has 3 N–H and O–H groups in total. The molecule has 0 amide bonds. The highest BCUT2D eigenvalue weighted by molar-refractivity contribution is 7.87. The summed E-state index contributed by atoms with van der Waals surface area (Å²) in [6.07, 6.45) is 2.80. The van der Waals surface area contributed by atoms with Crippen molar-refractivity contribution in [3.63, 3.8) is 0 Å². The van der Waals surface area contributed by atoms with Gasteiger partial charge in [-0.3, -0.25) is 4.21 Å². The quantitative estimate of drug-likeness (QED) is 0.583. The minimum Gasteiger partial charge on any atom is -0.330 e. The number of nitrogens with zero attached hydrogens (tertiary/aromatic N) is 1. The van der Waals surface area contributed by atoms with E-state index in [2.05, 4.69) is 4.72 Å². The standard InChI is InChI=1S/C9H23N3O3S2/c1-9(5-8-16(3)13)11-17(14,15)12(2)7-4-6-10/h9,11H,4-8,10H2,1-3H3. The summed E-state index contributed by atoms with van der Waals surface area (Å²) in [4.78, 5) is 0. The minimum absolute atomic E-state index is 0.218. The topological polar surface area (TPSA) is 92.5 Å². The van der Waals surface area contributed by atoms with Gasteiger partial charge < -0.3 is 5.73 Å². The van der Waals surface area contributed by atoms with Crippen LogP contribution in [-0.4, -0.2) is 55.1 Å². The van der Waals surface area contributed by atoms with Gasteiger partial charge in [0.2, 0.25) is 0 Å². The van der Waals surface area contributed by atoms with Crippen molar-refractivity contribution in [1.82, 2.24) is 9.03 Å². The van der Waals surface area contributed by atoms with Gasteiger partial charge in [-0.15, -0.1) is 0 Å². The summed E-state index contributed by atoms with van der Waals surface area (Å²) < 4.78 is 38.3. The molecule has 2 unspecified atom stereocenters. The van der Waals surface area contributed by atoms with Crippen molar-refractivity contribution in [3.05, 3.63) is 0 Å². The zero-order valence-electron chi connectivity index (χ0n) is 10.7. The van der Waals surface area contributed by atoms with Gasteiger partial charge in [0.1, 0.15) is 0 Å². The molecule has 104 valence electrons. The van der Waals surface area contributed by atoms with Gasteiger partial charge in [-0.2, -0.15) is 17.4 Å². The molecular weight excluding hydrogens is 262 g/mol. The van der Waals surface area contributed by atoms with Crippen LogP contribution in [0.25, 0.3) is 0 Å². The third-order valence-electron chi connectivity index (χ3n) is 2.28. The van der Waals surface area contributed by atoms with E-state index in [1.54, 1.807) is 13.2 Å². The fraction of sp³-hybridized carbons (Fsp3) is 1.00. The van der Waals surface area contributed by atoms with E-state index in [0.717, 1.165) is 0 Å². The van der Waals surface area contributed by atoms with Crippen LogP contribution < -0.4 is 10.5 Å². The van der Waals surface area contributed by atoms with Crippen molar-refractivity contribution >= 4 is 21.0 Å². The van der Waals surface area contributed by atoms with Crippen LogP contribution in [0.2, 0.25) is 0 Å². The van der Waals surface area contributed by atoms with Crippen molar-refractivity contribution in [1.29, 1.82) is 0 Å². The molecule has 0 aromatic carbocycles. The van der Waals surface area contributed by atoms with E-state index in [1.807, 2.05) is 0 Å². The molecule has 17 heavy (non-hydrogen) atoms. The summed E-state index contributed by atoms with van der Waals surface area (Å²) >= 11 is 0. The summed E-state index contributed by atoms with van der Waals surface area (Å²) in [6, 6.07) is -0.218. The number of hydrogen-bond acceptors (Lipinski definition) is 4. The normalized spacial score (nSPS) is 16.1. The molecule has 0 aliphatic heterocycles. The highest BCUT2D eigenvalue weighted by Crippen LogP contribution is 2.00. The highest BCUT2D eigenvalue weighted by atomic mass is 32.2. The van der Waals surface area contributed by atoms with Gasteiger partial charge in [0.25, 0.3) is 10.2 Å². The molecule has 0 spiro atoms. The maximum atomic E-state index is 11.8. The smallest absolute Gasteiger partial charge is 0.279 e. The third-order valence-corrected chi connectivity index (χ3v) is 4.79. The Labute approximate surface area is 107 Å². The van der Waals surface area contributed by atoms with Crippen molar-refractivity contribution in [2.45, 2.75) is 25.8 Å². The molecule has 0 aliphatic carbocycles. The first-order chi connectivity index (χ1) is 7.79. The monoisotopic (exact) mass is 285 g/mol. The van der Waals surface area contributed by atoms with Crippen LogP contribution in [0.3, 0.4) is 0 Å². The van der Waals surface area contributed by atoms with Crippen LogP contribution in [0.15, 0.2) is 0 Å². The number of rotatable bonds is 9. The Morgan fingerprint density at radius 1 is 1.47 bits per heavy atom. The second-order valence-electron chi connectivity index (χ2n) is 4.05. The molecule has 0 heterocycles. The van der Waals surface area contributed by atoms with Gasteiger partial charge in [0.15, 0.2) is 0 Å². The van der Waals surface area contributed by atoms with E-state index in [4.69, 9.17) is 5.73 Å². The number of hydrogen-bond donors (Lipinski definition) is 2. The van der Waals surface area contributed by atoms with Gasteiger partial charge in [-0.25, -0.2) is 0 Å². The summed E-state index contributed by atoms with van der Waals surface area (Å²) in [7, 11) is -2.83. The lowest BCUT2D eigenvalue weighted by Crippen LogP contribution is -2.43. The van der Waals surface area contributed by atoms with Crippen molar-refractivity contribution in [3.8, 4) is 0 Å². The Morgan fingerprint density at radius 3 is 2.53 bits per heavy atom. The molecule has 0 fully saturated rings. The van der Waals surface area contributed by atoms with Crippen LogP contribution in [0.4, 0.5) is 0 Å². The SMILES string of the molecule is CC(CCS(C)=O)NS(=O)(=O)N(C)CCCN. The maximum Gasteiger partial charge on any atom is 0.279 e. The molecule has 2 atom stereocenters.